The van der Waals surface area contributed by atoms with Crippen LogP contribution in [0.1, 0.15) is 12.0 Å². The van der Waals surface area contributed by atoms with Gasteiger partial charge in [-0.15, -0.1) is 0 Å². The molecule has 3 rings (SSSR count). The van der Waals surface area contributed by atoms with Crippen molar-refractivity contribution in [3.63, 3.8) is 0 Å². The van der Waals surface area contributed by atoms with E-state index in [4.69, 9.17) is 15.7 Å². The quantitative estimate of drug-likeness (QED) is 0.577. The number of nitrogen functional groups attached to an aromatic ring is 1. The second-order valence-electron chi connectivity index (χ2n) is 5.17. The third kappa shape index (κ3) is 3.04. The molecule has 0 aliphatic carbocycles. The number of nitrogens with two attached hydrogens (primary N) is 1. The highest BCUT2D eigenvalue weighted by atomic mass is 16.5. The van der Waals surface area contributed by atoms with Gasteiger partial charge < -0.3 is 15.0 Å². The normalized spacial score (nSPS) is 10.5. The monoisotopic (exact) mass is 291 g/mol. The Labute approximate surface area is 129 Å². The molecule has 1 aromatic heterocycles. The predicted octanol–water partition coefficient (Wildman–Crippen LogP) is 3.56. The van der Waals surface area contributed by atoms with Crippen LogP contribution in [0.2, 0.25) is 0 Å². The first-order valence-electron chi connectivity index (χ1n) is 7.23. The van der Waals surface area contributed by atoms with E-state index in [-0.39, 0.29) is 0 Å². The molecule has 2 aromatic carbocycles. The van der Waals surface area contributed by atoms with Crippen molar-refractivity contribution >= 4 is 16.6 Å². The zero-order chi connectivity index (χ0) is 15.4. The number of aryl methyl sites for hydroxylation is 1. The van der Waals surface area contributed by atoms with Crippen LogP contribution in [0.5, 0.6) is 5.75 Å². The third-order valence-electron chi connectivity index (χ3n) is 3.57. The topological polar surface area (TPSA) is 64.0 Å². The molecule has 3 aromatic rings. The van der Waals surface area contributed by atoms with Gasteiger partial charge in [0.2, 0.25) is 0 Å². The number of rotatable bonds is 5. The van der Waals surface area contributed by atoms with Gasteiger partial charge in [-0.05, 0) is 48.9 Å². The molecule has 0 spiro atoms. The zero-order valence-electron chi connectivity index (χ0n) is 12.2. The van der Waals surface area contributed by atoms with Gasteiger partial charge in [0.1, 0.15) is 5.75 Å². The fourth-order valence-electron chi connectivity index (χ4n) is 2.49. The standard InChI is InChI=1S/C18H17N3O/c19-13-14-3-1-4-17(11-14)22-10-2-8-21-9-7-15-12-16(20)5-6-18(15)21/h1,3-7,9,11-12H,2,8,10,20H2. The van der Waals surface area contributed by atoms with Crippen LogP contribution in [-0.2, 0) is 6.54 Å². The molecule has 22 heavy (non-hydrogen) atoms. The van der Waals surface area contributed by atoms with Crippen molar-refractivity contribution < 1.29 is 4.74 Å². The van der Waals surface area contributed by atoms with Gasteiger partial charge >= 0.3 is 0 Å². The molecule has 2 N–H and O–H groups in total. The summed E-state index contributed by atoms with van der Waals surface area (Å²) in [5, 5.41) is 10.0. The number of anilines is 1. The van der Waals surface area contributed by atoms with Gasteiger partial charge in [0, 0.05) is 29.3 Å². The molecule has 1 heterocycles. The van der Waals surface area contributed by atoms with Crippen molar-refractivity contribution in [3.8, 4) is 11.8 Å². The summed E-state index contributed by atoms with van der Waals surface area (Å²) in [5.41, 5.74) is 8.37. The number of nitriles is 1. The van der Waals surface area contributed by atoms with E-state index in [1.807, 2.05) is 30.3 Å². The van der Waals surface area contributed by atoms with Crippen LogP contribution < -0.4 is 10.5 Å². The fraction of sp³-hybridized carbons (Fsp3) is 0.167. The van der Waals surface area contributed by atoms with E-state index in [2.05, 4.69) is 22.9 Å². The fourth-order valence-corrected chi connectivity index (χ4v) is 2.49. The first kappa shape index (κ1) is 14.0. The summed E-state index contributed by atoms with van der Waals surface area (Å²) in [4.78, 5) is 0. The molecule has 0 atom stereocenters. The minimum absolute atomic E-state index is 0.615. The van der Waals surface area contributed by atoms with Crippen molar-refractivity contribution in [1.82, 2.24) is 4.57 Å². The lowest BCUT2D eigenvalue weighted by atomic mass is 10.2. The predicted molar refractivity (Wildman–Crippen MR) is 87.6 cm³/mol. The van der Waals surface area contributed by atoms with Gasteiger partial charge in [0.15, 0.2) is 0 Å². The van der Waals surface area contributed by atoms with Gasteiger partial charge in [0.05, 0.1) is 18.2 Å². The molecule has 0 fully saturated rings. The molecule has 0 saturated heterocycles. The largest absolute Gasteiger partial charge is 0.493 e. The summed E-state index contributed by atoms with van der Waals surface area (Å²) in [6.07, 6.45) is 2.96. The summed E-state index contributed by atoms with van der Waals surface area (Å²) >= 11 is 0. The summed E-state index contributed by atoms with van der Waals surface area (Å²) in [7, 11) is 0. The maximum atomic E-state index is 8.86. The highest BCUT2D eigenvalue weighted by molar-refractivity contribution is 5.83. The average Bonchev–Trinajstić information content (AvgIpc) is 2.94. The Morgan fingerprint density at radius 1 is 1.14 bits per heavy atom. The molecule has 110 valence electrons. The lowest BCUT2D eigenvalue weighted by Crippen LogP contribution is -2.03. The van der Waals surface area contributed by atoms with E-state index < -0.39 is 0 Å². The second-order valence-corrected chi connectivity index (χ2v) is 5.17. The Morgan fingerprint density at radius 3 is 2.91 bits per heavy atom. The lowest BCUT2D eigenvalue weighted by Gasteiger charge is -2.08. The van der Waals surface area contributed by atoms with Gasteiger partial charge in [-0.2, -0.15) is 5.26 Å². The van der Waals surface area contributed by atoms with Gasteiger partial charge in [-0.1, -0.05) is 6.07 Å². The first-order chi connectivity index (χ1) is 10.8. The highest BCUT2D eigenvalue weighted by Crippen LogP contribution is 2.19. The maximum Gasteiger partial charge on any atom is 0.120 e. The van der Waals surface area contributed by atoms with Crippen molar-refractivity contribution in [3.05, 3.63) is 60.3 Å². The second kappa shape index (κ2) is 6.23. The van der Waals surface area contributed by atoms with Crippen molar-refractivity contribution in [2.75, 3.05) is 12.3 Å². The van der Waals surface area contributed by atoms with Crippen LogP contribution >= 0.6 is 0 Å². The first-order valence-corrected chi connectivity index (χ1v) is 7.23. The van der Waals surface area contributed by atoms with Crippen LogP contribution in [0.3, 0.4) is 0 Å². The summed E-state index contributed by atoms with van der Waals surface area (Å²) < 4.78 is 7.89. The zero-order valence-corrected chi connectivity index (χ0v) is 12.2. The Kier molecular flexibility index (Phi) is 3.97. The van der Waals surface area contributed by atoms with E-state index >= 15 is 0 Å². The molecule has 0 bridgehead atoms. The van der Waals surface area contributed by atoms with Crippen LogP contribution in [0.15, 0.2) is 54.7 Å². The van der Waals surface area contributed by atoms with Gasteiger partial charge in [-0.25, -0.2) is 0 Å². The number of fused-ring (bicyclic) bond motifs is 1. The average molecular weight is 291 g/mol. The number of aromatic nitrogens is 1. The summed E-state index contributed by atoms with van der Waals surface area (Å²) in [6, 6.07) is 17.4. The Hall–Kier alpha value is -2.93. The van der Waals surface area contributed by atoms with Crippen molar-refractivity contribution in [1.29, 1.82) is 5.26 Å². The van der Waals surface area contributed by atoms with E-state index in [1.165, 1.54) is 5.52 Å². The Bertz CT molecular complexity index is 830. The van der Waals surface area contributed by atoms with E-state index in [1.54, 1.807) is 12.1 Å². The smallest absolute Gasteiger partial charge is 0.120 e. The molecule has 0 saturated carbocycles. The molecule has 4 heteroatoms. The summed E-state index contributed by atoms with van der Waals surface area (Å²) in [5.74, 6) is 0.740. The third-order valence-corrected chi connectivity index (χ3v) is 3.57. The van der Waals surface area contributed by atoms with Crippen LogP contribution in [0.25, 0.3) is 10.9 Å². The molecule has 4 nitrogen and oxygen atoms in total. The number of hydrogen-bond donors (Lipinski definition) is 1. The maximum absolute atomic E-state index is 8.86. The minimum Gasteiger partial charge on any atom is -0.493 e. The molecule has 0 unspecified atom stereocenters. The van der Waals surface area contributed by atoms with E-state index in [0.29, 0.717) is 12.2 Å². The van der Waals surface area contributed by atoms with Gasteiger partial charge in [0.25, 0.3) is 0 Å². The number of benzene rings is 2. The molecule has 0 amide bonds. The van der Waals surface area contributed by atoms with Crippen LogP contribution in [-0.4, -0.2) is 11.2 Å². The molecule has 0 radical (unpaired) electrons. The van der Waals surface area contributed by atoms with E-state index in [0.717, 1.165) is 29.8 Å². The van der Waals surface area contributed by atoms with Crippen molar-refractivity contribution in [2.24, 2.45) is 0 Å². The number of hydrogen-bond acceptors (Lipinski definition) is 3. The Morgan fingerprint density at radius 2 is 2.05 bits per heavy atom. The molecular weight excluding hydrogens is 274 g/mol. The number of nitrogens with zero attached hydrogens (tertiary/aromatic N) is 2. The molecular formula is C18H17N3O. The number of ether oxygens (including phenoxy) is 1. The Balaban J connectivity index is 1.57. The van der Waals surface area contributed by atoms with E-state index in [9.17, 15) is 0 Å². The molecule has 0 aliphatic heterocycles. The van der Waals surface area contributed by atoms with Gasteiger partial charge in [-0.3, -0.25) is 0 Å². The SMILES string of the molecule is N#Cc1cccc(OCCCn2ccc3cc(N)ccc32)c1. The minimum atomic E-state index is 0.615. The lowest BCUT2D eigenvalue weighted by molar-refractivity contribution is 0.302. The van der Waals surface area contributed by atoms with Crippen LogP contribution in [0, 0.1) is 11.3 Å². The van der Waals surface area contributed by atoms with Crippen LogP contribution in [0.4, 0.5) is 5.69 Å². The van der Waals surface area contributed by atoms with Crippen molar-refractivity contribution in [2.45, 2.75) is 13.0 Å². The highest BCUT2D eigenvalue weighted by Gasteiger charge is 2.02. The summed E-state index contributed by atoms with van der Waals surface area (Å²) in [6.45, 7) is 1.49. The molecule has 0 aliphatic rings.